The molecular weight excluding hydrogens is 349 g/mol. The normalized spacial score (nSPS) is 13.2. The fourth-order valence-electron chi connectivity index (χ4n) is 2.55. The zero-order valence-electron chi connectivity index (χ0n) is 13.0. The predicted octanol–water partition coefficient (Wildman–Crippen LogP) is 2.80. The summed E-state index contributed by atoms with van der Waals surface area (Å²) in [6, 6.07) is 4.34. The van der Waals surface area contributed by atoms with Gasteiger partial charge in [-0.1, -0.05) is 0 Å². The zero-order valence-corrected chi connectivity index (χ0v) is 13.0. The first-order valence-electron chi connectivity index (χ1n) is 7.48. The van der Waals surface area contributed by atoms with Crippen LogP contribution in [0.1, 0.15) is 11.8 Å². The molecule has 4 aromatic rings. The highest BCUT2D eigenvalue weighted by atomic mass is 19.4. The Morgan fingerprint density at radius 3 is 2.65 bits per heavy atom. The number of hydrogen-bond acceptors (Lipinski definition) is 5. The average molecular weight is 360 g/mol. The van der Waals surface area contributed by atoms with Crippen molar-refractivity contribution >= 4 is 11.2 Å². The van der Waals surface area contributed by atoms with E-state index in [0.29, 0.717) is 11.3 Å². The highest BCUT2D eigenvalue weighted by Gasteiger charge is 2.40. The second-order valence-electron chi connectivity index (χ2n) is 5.52. The van der Waals surface area contributed by atoms with Crippen LogP contribution in [0.25, 0.3) is 28.0 Å². The van der Waals surface area contributed by atoms with Gasteiger partial charge in [0.1, 0.15) is 0 Å². The van der Waals surface area contributed by atoms with Gasteiger partial charge in [0.25, 0.3) is 0 Å². The molecule has 132 valence electrons. The van der Waals surface area contributed by atoms with E-state index in [1.54, 1.807) is 24.9 Å². The van der Waals surface area contributed by atoms with Crippen LogP contribution in [0.3, 0.4) is 0 Å². The molecule has 4 heterocycles. The molecule has 1 atom stereocenters. The molecule has 0 saturated carbocycles. The molecule has 0 aliphatic carbocycles. The van der Waals surface area contributed by atoms with Crippen LogP contribution >= 0.6 is 0 Å². The van der Waals surface area contributed by atoms with E-state index in [4.69, 9.17) is 0 Å². The number of nitrogens with one attached hydrogen (secondary N) is 1. The van der Waals surface area contributed by atoms with E-state index in [2.05, 4.69) is 25.0 Å². The standard InChI is InChI=1S/C16H11F3N6O/c17-16(18,19)14(26)12-2-1-10(6-21-12)25-7-9(5-24-25)11-3-4-20-15-13(11)22-8-23-15/h1-8,14,26H,(H,20,22,23). The van der Waals surface area contributed by atoms with Crippen molar-refractivity contribution < 1.29 is 18.3 Å². The van der Waals surface area contributed by atoms with Crippen molar-refractivity contribution in [1.82, 2.24) is 29.7 Å². The smallest absolute Gasteiger partial charge is 0.378 e. The minimum absolute atomic E-state index is 0.462. The third-order valence-electron chi connectivity index (χ3n) is 3.85. The highest BCUT2D eigenvalue weighted by molar-refractivity contribution is 5.88. The van der Waals surface area contributed by atoms with Gasteiger partial charge in [0.05, 0.1) is 35.6 Å². The molecular formula is C16H11F3N6O. The summed E-state index contributed by atoms with van der Waals surface area (Å²) in [5.41, 5.74) is 2.94. The maximum atomic E-state index is 12.5. The summed E-state index contributed by atoms with van der Waals surface area (Å²) >= 11 is 0. The number of pyridine rings is 2. The van der Waals surface area contributed by atoms with Crippen molar-refractivity contribution in [2.45, 2.75) is 12.3 Å². The molecule has 2 N–H and O–H groups in total. The summed E-state index contributed by atoms with van der Waals surface area (Å²) in [5, 5.41) is 13.4. The second kappa shape index (κ2) is 5.92. The molecule has 10 heteroatoms. The largest absolute Gasteiger partial charge is 0.420 e. The van der Waals surface area contributed by atoms with Gasteiger partial charge in [-0.15, -0.1) is 0 Å². The topological polar surface area (TPSA) is 92.5 Å². The first kappa shape index (κ1) is 16.2. The zero-order chi connectivity index (χ0) is 18.3. The number of aromatic nitrogens is 6. The molecule has 0 amide bonds. The van der Waals surface area contributed by atoms with E-state index in [1.807, 2.05) is 6.07 Å². The summed E-state index contributed by atoms with van der Waals surface area (Å²) in [6.07, 6.45) is 0.352. The van der Waals surface area contributed by atoms with Crippen molar-refractivity contribution in [2.75, 3.05) is 0 Å². The molecule has 0 spiro atoms. The second-order valence-corrected chi connectivity index (χ2v) is 5.52. The molecule has 0 aromatic carbocycles. The summed E-state index contributed by atoms with van der Waals surface area (Å²) in [4.78, 5) is 14.9. The van der Waals surface area contributed by atoms with E-state index in [9.17, 15) is 18.3 Å². The number of aliphatic hydroxyl groups is 1. The predicted molar refractivity (Wildman–Crippen MR) is 85.3 cm³/mol. The molecule has 4 rings (SSSR count). The number of hydrogen-bond donors (Lipinski definition) is 2. The lowest BCUT2D eigenvalue weighted by molar-refractivity contribution is -0.207. The Balaban J connectivity index is 1.65. The third-order valence-corrected chi connectivity index (χ3v) is 3.85. The van der Waals surface area contributed by atoms with Crippen LogP contribution < -0.4 is 0 Å². The van der Waals surface area contributed by atoms with Gasteiger partial charge in [0.15, 0.2) is 11.8 Å². The van der Waals surface area contributed by atoms with Crippen molar-refractivity contribution in [3.05, 3.63) is 55.0 Å². The summed E-state index contributed by atoms with van der Waals surface area (Å²) < 4.78 is 39.1. The van der Waals surface area contributed by atoms with Crippen LogP contribution in [0.15, 0.2) is 49.3 Å². The number of alkyl halides is 3. The summed E-state index contributed by atoms with van der Waals surface area (Å²) in [6.45, 7) is 0. The van der Waals surface area contributed by atoms with Crippen molar-refractivity contribution in [1.29, 1.82) is 0 Å². The Kier molecular flexibility index (Phi) is 3.69. The van der Waals surface area contributed by atoms with Crippen molar-refractivity contribution in [3.8, 4) is 16.8 Å². The minimum atomic E-state index is -4.76. The Labute approximate surface area is 144 Å². The molecule has 0 radical (unpaired) electrons. The fourth-order valence-corrected chi connectivity index (χ4v) is 2.55. The van der Waals surface area contributed by atoms with E-state index >= 15 is 0 Å². The monoisotopic (exact) mass is 360 g/mol. The summed E-state index contributed by atoms with van der Waals surface area (Å²) in [7, 11) is 0. The van der Waals surface area contributed by atoms with Crippen LogP contribution in [0.2, 0.25) is 0 Å². The van der Waals surface area contributed by atoms with Crippen LogP contribution in [0, 0.1) is 0 Å². The molecule has 0 aliphatic heterocycles. The van der Waals surface area contributed by atoms with Gasteiger partial charge in [-0.25, -0.2) is 14.6 Å². The number of H-pyrrole nitrogens is 1. The molecule has 0 saturated heterocycles. The Hall–Kier alpha value is -3.27. The maximum Gasteiger partial charge on any atom is 0.420 e. The van der Waals surface area contributed by atoms with Crippen LogP contribution in [0.4, 0.5) is 13.2 Å². The van der Waals surface area contributed by atoms with Gasteiger partial charge in [-0.05, 0) is 18.2 Å². The number of rotatable bonds is 3. The molecule has 0 aliphatic rings. The number of aliphatic hydroxyl groups excluding tert-OH is 1. The summed E-state index contributed by atoms with van der Waals surface area (Å²) in [5.74, 6) is 0. The lowest BCUT2D eigenvalue weighted by Gasteiger charge is -2.13. The quantitative estimate of drug-likeness (QED) is 0.586. The number of aromatic amines is 1. The van der Waals surface area contributed by atoms with Crippen molar-refractivity contribution in [2.24, 2.45) is 0 Å². The first-order chi connectivity index (χ1) is 12.4. The Morgan fingerprint density at radius 2 is 1.92 bits per heavy atom. The Morgan fingerprint density at radius 1 is 1.08 bits per heavy atom. The van der Waals surface area contributed by atoms with Gasteiger partial charge in [0.2, 0.25) is 0 Å². The first-order valence-corrected chi connectivity index (χ1v) is 7.48. The van der Waals surface area contributed by atoms with E-state index in [0.717, 1.165) is 22.7 Å². The van der Waals surface area contributed by atoms with Gasteiger partial charge in [-0.2, -0.15) is 18.3 Å². The van der Waals surface area contributed by atoms with Gasteiger partial charge < -0.3 is 10.1 Å². The lowest BCUT2D eigenvalue weighted by atomic mass is 10.1. The molecule has 7 nitrogen and oxygen atoms in total. The van der Waals surface area contributed by atoms with Crippen LogP contribution in [-0.2, 0) is 0 Å². The average Bonchev–Trinajstić information content (AvgIpc) is 3.29. The molecule has 0 fully saturated rings. The number of halogens is 3. The van der Waals surface area contributed by atoms with E-state index in [-0.39, 0.29) is 0 Å². The van der Waals surface area contributed by atoms with Crippen LogP contribution in [0.5, 0.6) is 0 Å². The van der Waals surface area contributed by atoms with Gasteiger partial charge in [0, 0.05) is 23.5 Å². The fraction of sp³-hybridized carbons (Fsp3) is 0.125. The third kappa shape index (κ3) is 2.80. The maximum absolute atomic E-state index is 12.5. The van der Waals surface area contributed by atoms with Gasteiger partial charge in [-0.3, -0.25) is 4.98 Å². The van der Waals surface area contributed by atoms with Crippen LogP contribution in [-0.4, -0.2) is 41.0 Å². The molecule has 0 bridgehead atoms. The molecule has 26 heavy (non-hydrogen) atoms. The lowest BCUT2D eigenvalue weighted by Crippen LogP contribution is -2.21. The molecule has 1 unspecified atom stereocenters. The highest BCUT2D eigenvalue weighted by Crippen LogP contribution is 2.31. The van der Waals surface area contributed by atoms with Gasteiger partial charge >= 0.3 is 6.18 Å². The number of nitrogens with zero attached hydrogens (tertiary/aromatic N) is 5. The van der Waals surface area contributed by atoms with E-state index < -0.39 is 18.0 Å². The SMILES string of the molecule is OC(c1ccc(-n2cc(-c3ccnc4nc[nH]c34)cn2)cn1)C(F)(F)F. The number of fused-ring (bicyclic) bond motifs is 1. The van der Waals surface area contributed by atoms with Crippen molar-refractivity contribution in [3.63, 3.8) is 0 Å². The van der Waals surface area contributed by atoms with E-state index in [1.165, 1.54) is 16.9 Å². The minimum Gasteiger partial charge on any atom is -0.378 e. The molecule has 4 aromatic heterocycles. The Bertz CT molecular complexity index is 1050. The number of imidazole rings is 1.